The maximum atomic E-state index is 5.60. The summed E-state index contributed by atoms with van der Waals surface area (Å²) in [5.74, 6) is 1.54. The van der Waals surface area contributed by atoms with E-state index in [4.69, 9.17) is 14.2 Å². The molecule has 0 aromatic heterocycles. The van der Waals surface area contributed by atoms with Gasteiger partial charge in [0.15, 0.2) is 11.5 Å². The number of hydrogen-bond acceptors (Lipinski definition) is 3. The first kappa shape index (κ1) is 20.1. The summed E-state index contributed by atoms with van der Waals surface area (Å²) in [6.45, 7) is 0.820. The van der Waals surface area contributed by atoms with Gasteiger partial charge in [0, 0.05) is 20.4 Å². The first-order chi connectivity index (χ1) is 15.3. The maximum Gasteiger partial charge on any atom is 0.231 e. The van der Waals surface area contributed by atoms with E-state index in [1.165, 1.54) is 15.9 Å². The van der Waals surface area contributed by atoms with Gasteiger partial charge in [0.25, 0.3) is 0 Å². The third kappa shape index (κ3) is 3.82. The summed E-state index contributed by atoms with van der Waals surface area (Å²) < 4.78 is 17.6. The standard InChI is InChI=1S/C26H21BrNO2P/c27-24-17-26-25(29-19-30-26)16-20(24)18-28-31(21-10-4-1-5-11-21,22-12-6-2-7-13-22)23-14-8-3-9-15-23/h1-17H,18-19H2. The molecule has 0 aliphatic carbocycles. The second kappa shape index (κ2) is 8.74. The summed E-state index contributed by atoms with van der Waals surface area (Å²) >= 11 is 3.70. The van der Waals surface area contributed by atoms with Crippen LogP contribution in [0.15, 0.2) is 112 Å². The van der Waals surface area contributed by atoms with Gasteiger partial charge < -0.3 is 9.47 Å². The topological polar surface area (TPSA) is 30.8 Å². The molecular weight excluding hydrogens is 469 g/mol. The lowest BCUT2D eigenvalue weighted by atomic mass is 10.2. The Morgan fingerprint density at radius 2 is 1.13 bits per heavy atom. The van der Waals surface area contributed by atoms with Gasteiger partial charge in [0.2, 0.25) is 6.79 Å². The van der Waals surface area contributed by atoms with Crippen LogP contribution in [0.1, 0.15) is 5.56 Å². The largest absolute Gasteiger partial charge is 0.454 e. The molecule has 1 aliphatic rings. The predicted octanol–water partition coefficient (Wildman–Crippen LogP) is 5.86. The monoisotopic (exact) mass is 489 g/mol. The Balaban J connectivity index is 1.74. The van der Waals surface area contributed by atoms with Crippen LogP contribution < -0.4 is 25.4 Å². The zero-order valence-corrected chi connectivity index (χ0v) is 19.3. The molecular formula is C26H21BrNO2P. The van der Waals surface area contributed by atoms with Crippen LogP contribution in [0.3, 0.4) is 0 Å². The van der Waals surface area contributed by atoms with Gasteiger partial charge in [-0.15, -0.1) is 0 Å². The molecule has 0 spiro atoms. The van der Waals surface area contributed by atoms with Crippen molar-refractivity contribution < 1.29 is 9.47 Å². The average molecular weight is 490 g/mol. The van der Waals surface area contributed by atoms with E-state index >= 15 is 0 Å². The van der Waals surface area contributed by atoms with Gasteiger partial charge >= 0.3 is 0 Å². The van der Waals surface area contributed by atoms with Crippen molar-refractivity contribution in [2.45, 2.75) is 6.54 Å². The molecule has 0 unspecified atom stereocenters. The van der Waals surface area contributed by atoms with Crippen molar-refractivity contribution in [3.63, 3.8) is 0 Å². The Bertz CT molecular complexity index is 1140. The zero-order valence-electron chi connectivity index (χ0n) is 16.8. The highest BCUT2D eigenvalue weighted by Gasteiger charge is 2.27. The van der Waals surface area contributed by atoms with Gasteiger partial charge in [0.1, 0.15) is 0 Å². The van der Waals surface area contributed by atoms with Crippen molar-refractivity contribution in [2.75, 3.05) is 6.79 Å². The minimum Gasteiger partial charge on any atom is -0.454 e. The highest BCUT2D eigenvalue weighted by atomic mass is 79.9. The number of halogens is 1. The van der Waals surface area contributed by atoms with E-state index in [0.29, 0.717) is 6.54 Å². The normalized spacial score (nSPS) is 12.5. The lowest BCUT2D eigenvalue weighted by molar-refractivity contribution is 0.174. The molecule has 1 heterocycles. The van der Waals surface area contributed by atoms with Crippen molar-refractivity contribution in [1.82, 2.24) is 0 Å². The fourth-order valence-electron chi connectivity index (χ4n) is 3.89. The summed E-state index contributed by atoms with van der Waals surface area (Å²) in [7, 11) is -2.23. The van der Waals surface area contributed by atoms with Crippen LogP contribution in [-0.2, 0) is 6.54 Å². The highest BCUT2D eigenvalue weighted by Crippen LogP contribution is 2.47. The maximum absolute atomic E-state index is 5.60. The molecule has 0 atom stereocenters. The Hall–Kier alpha value is -2.81. The molecule has 0 saturated carbocycles. The number of ether oxygens (including phenoxy) is 2. The van der Waals surface area contributed by atoms with Crippen LogP contribution in [0.4, 0.5) is 0 Å². The van der Waals surface area contributed by atoms with E-state index in [1.807, 2.05) is 12.1 Å². The van der Waals surface area contributed by atoms with Crippen LogP contribution in [0.25, 0.3) is 0 Å². The summed E-state index contributed by atoms with van der Waals surface area (Å²) in [6.07, 6.45) is 0. The fourth-order valence-corrected chi connectivity index (χ4v) is 7.89. The Morgan fingerprint density at radius 3 is 1.61 bits per heavy atom. The Morgan fingerprint density at radius 1 is 0.677 bits per heavy atom. The quantitative estimate of drug-likeness (QED) is 0.329. The van der Waals surface area contributed by atoms with Crippen LogP contribution in [0.5, 0.6) is 11.5 Å². The molecule has 1 aliphatic heterocycles. The average Bonchev–Trinajstić information content (AvgIpc) is 3.29. The van der Waals surface area contributed by atoms with Crippen LogP contribution in [0, 0.1) is 0 Å². The lowest BCUT2D eigenvalue weighted by Crippen LogP contribution is -2.25. The molecule has 5 rings (SSSR count). The second-order valence-corrected chi connectivity index (χ2v) is 11.2. The van der Waals surface area contributed by atoms with E-state index in [2.05, 4.69) is 107 Å². The molecule has 4 aromatic rings. The third-order valence-corrected chi connectivity index (χ3v) is 9.82. The summed E-state index contributed by atoms with van der Waals surface area (Å²) in [5.41, 5.74) is 1.08. The summed E-state index contributed by atoms with van der Waals surface area (Å²) in [6, 6.07) is 36.0. The highest BCUT2D eigenvalue weighted by molar-refractivity contribution is 9.10. The van der Waals surface area contributed by atoms with Gasteiger partial charge in [-0.25, -0.2) is 0 Å². The lowest BCUT2D eigenvalue weighted by Gasteiger charge is -2.27. The molecule has 0 fully saturated rings. The molecule has 0 saturated heterocycles. The number of nitrogens with zero attached hydrogens (tertiary/aromatic N) is 1. The first-order valence-electron chi connectivity index (χ1n) is 10.1. The first-order valence-corrected chi connectivity index (χ1v) is 12.6. The third-order valence-electron chi connectivity index (χ3n) is 5.38. The van der Waals surface area contributed by atoms with Crippen molar-refractivity contribution in [1.29, 1.82) is 0 Å². The van der Waals surface area contributed by atoms with E-state index in [-0.39, 0.29) is 6.79 Å². The number of fused-ring (bicyclic) bond motifs is 1. The molecule has 0 bridgehead atoms. The number of hydrogen-bond donors (Lipinski definition) is 0. The SMILES string of the molecule is Brc1cc2c(cc1CN=P(c1ccccc1)(c1ccccc1)c1ccccc1)OCO2. The molecule has 5 heteroatoms. The van der Waals surface area contributed by atoms with E-state index in [1.54, 1.807) is 0 Å². The smallest absolute Gasteiger partial charge is 0.231 e. The molecule has 154 valence electrons. The molecule has 4 aromatic carbocycles. The van der Waals surface area contributed by atoms with Crippen LogP contribution in [0.2, 0.25) is 0 Å². The van der Waals surface area contributed by atoms with E-state index in [0.717, 1.165) is 21.5 Å². The molecule has 0 amide bonds. The molecule has 3 nitrogen and oxygen atoms in total. The van der Waals surface area contributed by atoms with Gasteiger partial charge in [0.05, 0.1) is 13.6 Å². The minimum absolute atomic E-state index is 0.261. The predicted molar refractivity (Wildman–Crippen MR) is 132 cm³/mol. The Labute approximate surface area is 190 Å². The molecule has 31 heavy (non-hydrogen) atoms. The summed E-state index contributed by atoms with van der Waals surface area (Å²) in [4.78, 5) is 0. The zero-order chi connectivity index (χ0) is 21.1. The summed E-state index contributed by atoms with van der Waals surface area (Å²) in [5, 5.41) is 3.72. The van der Waals surface area contributed by atoms with E-state index in [9.17, 15) is 0 Å². The van der Waals surface area contributed by atoms with Crippen molar-refractivity contribution in [3.8, 4) is 11.5 Å². The van der Waals surface area contributed by atoms with Crippen molar-refractivity contribution in [2.24, 2.45) is 4.74 Å². The molecule has 0 radical (unpaired) electrons. The molecule has 0 N–H and O–H groups in total. The second-order valence-electron chi connectivity index (χ2n) is 7.24. The van der Waals surface area contributed by atoms with Gasteiger partial charge in [-0.3, -0.25) is 4.74 Å². The Kier molecular flexibility index (Phi) is 5.67. The van der Waals surface area contributed by atoms with Crippen LogP contribution in [-0.4, -0.2) is 6.79 Å². The van der Waals surface area contributed by atoms with Gasteiger partial charge in [-0.2, -0.15) is 0 Å². The number of rotatable bonds is 5. The van der Waals surface area contributed by atoms with Gasteiger partial charge in [-0.1, -0.05) is 107 Å². The van der Waals surface area contributed by atoms with Crippen molar-refractivity contribution in [3.05, 3.63) is 113 Å². The van der Waals surface area contributed by atoms with Crippen molar-refractivity contribution >= 4 is 38.9 Å². The fraction of sp³-hybridized carbons (Fsp3) is 0.0769. The number of benzene rings is 4. The van der Waals surface area contributed by atoms with Crippen LogP contribution >= 0.6 is 23.0 Å². The van der Waals surface area contributed by atoms with E-state index < -0.39 is 7.05 Å². The minimum atomic E-state index is -2.23. The van der Waals surface area contributed by atoms with Gasteiger partial charge in [-0.05, 0) is 17.7 Å².